The van der Waals surface area contributed by atoms with Gasteiger partial charge in [-0.2, -0.15) is 0 Å². The first kappa shape index (κ1) is 23.8. The molecule has 0 fully saturated rings. The number of halogens is 1. The van der Waals surface area contributed by atoms with Crippen LogP contribution >= 0.6 is 15.9 Å². The Hall–Kier alpha value is -1.20. The third-order valence-electron chi connectivity index (χ3n) is 4.65. The van der Waals surface area contributed by atoms with Crippen LogP contribution < -0.4 is 0 Å². The number of hydrogen-bond acceptors (Lipinski definition) is 3. The highest BCUT2D eigenvalue weighted by Gasteiger charge is 2.16. The molecule has 0 aliphatic rings. The molecule has 0 aromatic heterocycles. The predicted octanol–water partition coefficient (Wildman–Crippen LogP) is 6.41. The van der Waals surface area contributed by atoms with Crippen molar-refractivity contribution in [2.45, 2.75) is 83.7 Å². The molecule has 0 spiro atoms. The Bertz CT molecular complexity index is 542. The quantitative estimate of drug-likeness (QED) is 0.238. The Morgan fingerprint density at radius 3 is 2.07 bits per heavy atom. The molecule has 0 unspecified atom stereocenters. The van der Waals surface area contributed by atoms with Gasteiger partial charge >= 0.3 is 5.97 Å². The molecule has 152 valence electrons. The molecule has 0 saturated carbocycles. The first-order valence-electron chi connectivity index (χ1n) is 10.1. The van der Waals surface area contributed by atoms with E-state index in [1.54, 1.807) is 12.1 Å². The molecule has 1 aromatic carbocycles. The van der Waals surface area contributed by atoms with E-state index in [0.29, 0.717) is 12.0 Å². The minimum Gasteiger partial charge on any atom is -0.481 e. The van der Waals surface area contributed by atoms with Gasteiger partial charge in [-0.1, -0.05) is 92.8 Å². The van der Waals surface area contributed by atoms with Crippen LogP contribution in [0.4, 0.5) is 0 Å². The van der Waals surface area contributed by atoms with Gasteiger partial charge in [-0.15, -0.1) is 0 Å². The van der Waals surface area contributed by atoms with Crippen LogP contribution in [-0.4, -0.2) is 29.6 Å². The lowest BCUT2D eigenvalue weighted by Gasteiger charge is -2.15. The van der Waals surface area contributed by atoms with E-state index >= 15 is 0 Å². The fourth-order valence-electron chi connectivity index (χ4n) is 3.03. The maximum Gasteiger partial charge on any atom is 0.305 e. The van der Waals surface area contributed by atoms with E-state index in [9.17, 15) is 9.59 Å². The second kappa shape index (κ2) is 14.8. The minimum atomic E-state index is -0.882. The fourth-order valence-corrected chi connectivity index (χ4v) is 3.30. The number of ether oxygens (including phenoxy) is 1. The largest absolute Gasteiger partial charge is 0.481 e. The lowest BCUT2D eigenvalue weighted by Crippen LogP contribution is -2.21. The van der Waals surface area contributed by atoms with Crippen molar-refractivity contribution in [2.24, 2.45) is 0 Å². The van der Waals surface area contributed by atoms with Gasteiger partial charge in [-0.3, -0.25) is 9.59 Å². The highest BCUT2D eigenvalue weighted by Crippen LogP contribution is 2.15. The van der Waals surface area contributed by atoms with Crippen LogP contribution in [0.5, 0.6) is 0 Å². The van der Waals surface area contributed by atoms with E-state index in [4.69, 9.17) is 9.84 Å². The minimum absolute atomic E-state index is 0.0510. The SMILES string of the molecule is CCCCCCCCCCC[C@H](CC(=O)O)OCC(=O)c1ccc(Br)cc1. The van der Waals surface area contributed by atoms with Gasteiger partial charge in [0.25, 0.3) is 0 Å². The molecular weight excluding hydrogens is 408 g/mol. The molecule has 0 bridgehead atoms. The van der Waals surface area contributed by atoms with Crippen LogP contribution in [0.3, 0.4) is 0 Å². The van der Waals surface area contributed by atoms with Crippen molar-refractivity contribution in [1.82, 2.24) is 0 Å². The highest BCUT2D eigenvalue weighted by molar-refractivity contribution is 9.10. The Morgan fingerprint density at radius 1 is 0.963 bits per heavy atom. The molecule has 0 saturated heterocycles. The van der Waals surface area contributed by atoms with E-state index in [1.165, 1.54) is 44.9 Å². The second-order valence-electron chi connectivity index (χ2n) is 7.08. The summed E-state index contributed by atoms with van der Waals surface area (Å²) < 4.78 is 6.54. The van der Waals surface area contributed by atoms with Crippen molar-refractivity contribution in [3.05, 3.63) is 34.3 Å². The summed E-state index contributed by atoms with van der Waals surface area (Å²) in [5.41, 5.74) is 0.579. The van der Waals surface area contributed by atoms with Crippen LogP contribution in [-0.2, 0) is 9.53 Å². The van der Waals surface area contributed by atoms with E-state index in [2.05, 4.69) is 22.9 Å². The first-order chi connectivity index (χ1) is 13.0. The third-order valence-corrected chi connectivity index (χ3v) is 5.18. The summed E-state index contributed by atoms with van der Waals surface area (Å²) >= 11 is 3.34. The van der Waals surface area contributed by atoms with Crippen LogP contribution in [0, 0.1) is 0 Å². The average Bonchev–Trinajstić information content (AvgIpc) is 2.64. The number of benzene rings is 1. The van der Waals surface area contributed by atoms with Crippen molar-refractivity contribution in [2.75, 3.05) is 6.61 Å². The van der Waals surface area contributed by atoms with Gasteiger partial charge in [0.15, 0.2) is 5.78 Å². The monoisotopic (exact) mass is 440 g/mol. The number of Topliss-reactive ketones (excluding diaryl/α,β-unsaturated/α-hetero) is 1. The summed E-state index contributed by atoms with van der Waals surface area (Å²) in [6.07, 6.45) is 11.2. The predicted molar refractivity (Wildman–Crippen MR) is 112 cm³/mol. The van der Waals surface area contributed by atoms with Crippen LogP contribution in [0.25, 0.3) is 0 Å². The van der Waals surface area contributed by atoms with Crippen LogP contribution in [0.2, 0.25) is 0 Å². The van der Waals surface area contributed by atoms with Gasteiger partial charge in [0.1, 0.15) is 6.61 Å². The first-order valence-corrected chi connectivity index (χ1v) is 10.9. The van der Waals surface area contributed by atoms with Crippen molar-refractivity contribution >= 4 is 27.7 Å². The Balaban J connectivity index is 2.25. The molecule has 5 heteroatoms. The van der Waals surface area contributed by atoms with Crippen molar-refractivity contribution < 1.29 is 19.4 Å². The molecule has 1 atom stereocenters. The van der Waals surface area contributed by atoms with Gasteiger partial charge < -0.3 is 9.84 Å². The van der Waals surface area contributed by atoms with Crippen LogP contribution in [0.1, 0.15) is 87.9 Å². The standard InChI is InChI=1S/C22H33BrO4/c1-2-3-4-5-6-7-8-9-10-11-20(16-22(25)26)27-17-21(24)18-12-14-19(23)15-13-18/h12-15,20H,2-11,16-17H2,1H3,(H,25,26)/t20-/m1/s1. The molecule has 1 aromatic rings. The zero-order valence-electron chi connectivity index (χ0n) is 16.4. The number of aliphatic carboxylic acids is 1. The smallest absolute Gasteiger partial charge is 0.305 e. The van der Waals surface area contributed by atoms with Crippen molar-refractivity contribution in [3.63, 3.8) is 0 Å². The number of rotatable bonds is 16. The van der Waals surface area contributed by atoms with E-state index in [-0.39, 0.29) is 18.8 Å². The molecular formula is C22H33BrO4. The van der Waals surface area contributed by atoms with Gasteiger partial charge in [0.2, 0.25) is 0 Å². The lowest BCUT2D eigenvalue weighted by atomic mass is 10.0. The zero-order valence-corrected chi connectivity index (χ0v) is 18.0. The number of carbonyl (C=O) groups is 2. The summed E-state index contributed by atoms with van der Waals surface area (Å²) in [5.74, 6) is -1.00. The molecule has 0 aliphatic carbocycles. The van der Waals surface area contributed by atoms with Gasteiger partial charge in [-0.25, -0.2) is 0 Å². The summed E-state index contributed by atoms with van der Waals surface area (Å²) in [6.45, 7) is 2.15. The third kappa shape index (κ3) is 12.0. The van der Waals surface area contributed by atoms with E-state index in [1.807, 2.05) is 12.1 Å². The van der Waals surface area contributed by atoms with Gasteiger partial charge in [0, 0.05) is 10.0 Å². The number of ketones is 1. The number of hydrogen-bond donors (Lipinski definition) is 1. The average molecular weight is 441 g/mol. The number of carboxylic acid groups (broad SMARTS) is 1. The highest BCUT2D eigenvalue weighted by atomic mass is 79.9. The topological polar surface area (TPSA) is 63.6 Å². The molecule has 0 amide bonds. The summed E-state index contributed by atoms with van der Waals surface area (Å²) in [6, 6.07) is 7.10. The number of unbranched alkanes of at least 4 members (excludes halogenated alkanes) is 8. The summed E-state index contributed by atoms with van der Waals surface area (Å²) in [5, 5.41) is 9.07. The maximum atomic E-state index is 12.2. The molecule has 0 aliphatic heterocycles. The Kier molecular flexibility index (Phi) is 13.1. The summed E-state index contributed by atoms with van der Waals surface area (Å²) in [7, 11) is 0. The van der Waals surface area contributed by atoms with Crippen molar-refractivity contribution in [1.29, 1.82) is 0 Å². The lowest BCUT2D eigenvalue weighted by molar-refractivity contribution is -0.140. The summed E-state index contributed by atoms with van der Waals surface area (Å²) in [4.78, 5) is 23.2. The molecule has 4 nitrogen and oxygen atoms in total. The molecule has 0 heterocycles. The molecule has 1 rings (SSSR count). The Morgan fingerprint density at radius 2 is 1.52 bits per heavy atom. The van der Waals surface area contributed by atoms with Gasteiger partial charge in [0.05, 0.1) is 12.5 Å². The maximum absolute atomic E-state index is 12.2. The number of carboxylic acids is 1. The fraction of sp³-hybridized carbons (Fsp3) is 0.636. The number of carbonyl (C=O) groups excluding carboxylic acids is 1. The van der Waals surface area contributed by atoms with Crippen molar-refractivity contribution in [3.8, 4) is 0 Å². The van der Waals surface area contributed by atoms with E-state index < -0.39 is 12.1 Å². The normalized spacial score (nSPS) is 12.1. The zero-order chi connectivity index (χ0) is 19.9. The second-order valence-corrected chi connectivity index (χ2v) is 7.99. The van der Waals surface area contributed by atoms with Gasteiger partial charge in [-0.05, 0) is 18.6 Å². The molecule has 27 heavy (non-hydrogen) atoms. The molecule has 0 radical (unpaired) electrons. The molecule has 1 N–H and O–H groups in total. The van der Waals surface area contributed by atoms with E-state index in [0.717, 1.165) is 17.3 Å². The van der Waals surface area contributed by atoms with Crippen LogP contribution in [0.15, 0.2) is 28.7 Å². The Labute approximate surface area is 171 Å².